The molecule has 1 N–H and O–H groups in total. The Morgan fingerprint density at radius 2 is 2.00 bits per heavy atom. The summed E-state index contributed by atoms with van der Waals surface area (Å²) < 4.78 is 18.0. The van der Waals surface area contributed by atoms with Crippen molar-refractivity contribution in [1.29, 1.82) is 0 Å². The summed E-state index contributed by atoms with van der Waals surface area (Å²) in [7, 11) is 1.51. The van der Waals surface area contributed by atoms with Gasteiger partial charge in [0.05, 0.1) is 24.4 Å². The number of halogens is 2. The number of nitrogens with one attached hydrogen (secondary N) is 1. The number of ether oxygens (including phenoxy) is 3. The van der Waals surface area contributed by atoms with Crippen LogP contribution in [0.4, 0.5) is 0 Å². The zero-order chi connectivity index (χ0) is 20.5. The molecule has 0 saturated heterocycles. The van der Waals surface area contributed by atoms with Crippen molar-refractivity contribution in [2.24, 2.45) is 5.10 Å². The Kier molecular flexibility index (Phi) is 8.53. The van der Waals surface area contributed by atoms with E-state index in [2.05, 4.69) is 49.0 Å². The summed E-state index contributed by atoms with van der Waals surface area (Å²) in [4.78, 5) is 12.4. The minimum Gasteiger partial charge on any atom is -0.493 e. The first-order valence-electron chi connectivity index (χ1n) is 8.37. The lowest BCUT2D eigenvalue weighted by atomic mass is 10.2. The number of rotatable bonds is 9. The van der Waals surface area contributed by atoms with Gasteiger partial charge in [-0.05, 0) is 53.2 Å². The largest absolute Gasteiger partial charge is 0.493 e. The average molecular weight is 512 g/mol. The summed E-state index contributed by atoms with van der Waals surface area (Å²) >= 11 is 6.89. The third-order valence-electron chi connectivity index (χ3n) is 3.48. The van der Waals surface area contributed by atoms with Gasteiger partial charge in [-0.2, -0.15) is 5.10 Å². The van der Waals surface area contributed by atoms with E-state index in [0.29, 0.717) is 41.6 Å². The summed E-state index contributed by atoms with van der Waals surface area (Å²) in [6.07, 6.45) is 3.16. The van der Waals surface area contributed by atoms with Gasteiger partial charge in [-0.25, -0.2) is 5.43 Å². The Bertz CT molecular complexity index is 885. The zero-order valence-electron chi connectivity index (χ0n) is 15.5. The molecule has 2 aromatic rings. The molecular weight excluding hydrogens is 492 g/mol. The maximum absolute atomic E-state index is 12.4. The number of amides is 1. The van der Waals surface area contributed by atoms with Gasteiger partial charge in [0, 0.05) is 15.6 Å². The molecule has 0 saturated carbocycles. The van der Waals surface area contributed by atoms with Gasteiger partial charge in [-0.1, -0.05) is 28.6 Å². The number of hydrazone groups is 1. The highest BCUT2D eigenvalue weighted by atomic mass is 79.9. The van der Waals surface area contributed by atoms with Crippen molar-refractivity contribution in [2.45, 2.75) is 6.92 Å². The molecule has 0 aliphatic rings. The number of methoxy groups -OCH3 is 1. The number of hydrogen-bond donors (Lipinski definition) is 1. The van der Waals surface area contributed by atoms with Gasteiger partial charge in [-0.15, -0.1) is 0 Å². The first kappa shape index (κ1) is 22.0. The molecule has 1 amide bonds. The van der Waals surface area contributed by atoms with Crippen molar-refractivity contribution in [1.82, 2.24) is 5.43 Å². The van der Waals surface area contributed by atoms with Crippen molar-refractivity contribution in [3.8, 4) is 17.2 Å². The Labute approximate surface area is 180 Å². The highest BCUT2D eigenvalue weighted by molar-refractivity contribution is 9.11. The predicted octanol–water partition coefficient (Wildman–Crippen LogP) is 4.95. The lowest BCUT2D eigenvalue weighted by molar-refractivity contribution is 0.0954. The fourth-order valence-electron chi connectivity index (χ4n) is 2.27. The van der Waals surface area contributed by atoms with E-state index in [4.69, 9.17) is 14.2 Å². The molecule has 2 aromatic carbocycles. The number of hydrogen-bond acceptors (Lipinski definition) is 5. The van der Waals surface area contributed by atoms with E-state index in [1.165, 1.54) is 13.3 Å². The SMILES string of the molecule is C=CCOc1ccc(C(=O)N/N=C/c2cc(Br)cc(Br)c2OCC)cc1OC. The topological polar surface area (TPSA) is 69.2 Å². The molecule has 0 unspecified atom stereocenters. The summed E-state index contributed by atoms with van der Waals surface area (Å²) in [5.41, 5.74) is 3.61. The first-order valence-corrected chi connectivity index (χ1v) is 9.95. The lowest BCUT2D eigenvalue weighted by Gasteiger charge is -2.11. The van der Waals surface area contributed by atoms with Crippen LogP contribution >= 0.6 is 31.9 Å². The van der Waals surface area contributed by atoms with Gasteiger partial charge in [0.15, 0.2) is 11.5 Å². The molecule has 2 rings (SSSR count). The summed E-state index contributed by atoms with van der Waals surface area (Å²) in [6.45, 7) is 6.35. The van der Waals surface area contributed by atoms with Crippen LogP contribution in [-0.4, -0.2) is 32.4 Å². The van der Waals surface area contributed by atoms with Crippen molar-refractivity contribution < 1.29 is 19.0 Å². The standard InChI is InChI=1S/C20H20Br2N2O4/c1-4-8-28-17-7-6-13(10-18(17)26-3)20(25)24-23-12-14-9-15(21)11-16(22)19(14)27-5-2/h4,6-7,9-12H,1,5,8H2,2-3H3,(H,24,25)/b23-12+. The molecule has 28 heavy (non-hydrogen) atoms. The molecule has 8 heteroatoms. The first-order chi connectivity index (χ1) is 13.5. The minimum atomic E-state index is -0.378. The Morgan fingerprint density at radius 1 is 1.21 bits per heavy atom. The molecule has 0 radical (unpaired) electrons. The minimum absolute atomic E-state index is 0.344. The van der Waals surface area contributed by atoms with E-state index in [1.807, 2.05) is 19.1 Å². The monoisotopic (exact) mass is 510 g/mol. The third-order valence-corrected chi connectivity index (χ3v) is 4.52. The molecule has 0 aromatic heterocycles. The van der Waals surface area contributed by atoms with E-state index in [-0.39, 0.29) is 5.91 Å². The number of carbonyl (C=O) groups is 1. The summed E-state index contributed by atoms with van der Waals surface area (Å²) in [6, 6.07) is 8.61. The van der Waals surface area contributed by atoms with Crippen LogP contribution in [0.25, 0.3) is 0 Å². The highest BCUT2D eigenvalue weighted by Gasteiger charge is 2.11. The maximum Gasteiger partial charge on any atom is 0.271 e. The molecule has 0 aliphatic carbocycles. The van der Waals surface area contributed by atoms with E-state index in [1.54, 1.807) is 24.3 Å². The second kappa shape index (κ2) is 10.9. The van der Waals surface area contributed by atoms with E-state index in [0.717, 1.165) is 8.95 Å². The van der Waals surface area contributed by atoms with Crippen LogP contribution < -0.4 is 19.6 Å². The van der Waals surface area contributed by atoms with Crippen LogP contribution in [-0.2, 0) is 0 Å². The molecular formula is C20H20Br2N2O4. The van der Waals surface area contributed by atoms with Crippen LogP contribution in [0, 0.1) is 0 Å². The smallest absolute Gasteiger partial charge is 0.271 e. The molecule has 0 aliphatic heterocycles. The summed E-state index contributed by atoms with van der Waals surface area (Å²) in [5, 5.41) is 4.04. The van der Waals surface area contributed by atoms with E-state index >= 15 is 0 Å². The van der Waals surface area contributed by atoms with Crippen LogP contribution in [0.2, 0.25) is 0 Å². The van der Waals surface area contributed by atoms with Crippen molar-refractivity contribution in [3.05, 3.63) is 63.1 Å². The van der Waals surface area contributed by atoms with Crippen LogP contribution in [0.3, 0.4) is 0 Å². The van der Waals surface area contributed by atoms with Gasteiger partial charge < -0.3 is 14.2 Å². The molecule has 0 heterocycles. The van der Waals surface area contributed by atoms with Crippen molar-refractivity contribution in [2.75, 3.05) is 20.3 Å². The molecule has 0 atom stereocenters. The molecule has 0 spiro atoms. The number of nitrogens with zero attached hydrogens (tertiary/aromatic N) is 1. The Morgan fingerprint density at radius 3 is 2.68 bits per heavy atom. The second-order valence-corrected chi connectivity index (χ2v) is 7.17. The number of benzene rings is 2. The summed E-state index contributed by atoms with van der Waals surface area (Å²) in [5.74, 6) is 1.25. The molecule has 148 valence electrons. The molecule has 0 bridgehead atoms. The Hall–Kier alpha value is -2.32. The third kappa shape index (κ3) is 5.84. The predicted molar refractivity (Wildman–Crippen MR) is 117 cm³/mol. The van der Waals surface area contributed by atoms with Gasteiger partial charge in [0.25, 0.3) is 5.91 Å². The average Bonchev–Trinajstić information content (AvgIpc) is 2.68. The van der Waals surface area contributed by atoms with Crippen LogP contribution in [0.1, 0.15) is 22.8 Å². The maximum atomic E-state index is 12.4. The van der Waals surface area contributed by atoms with Gasteiger partial charge in [0.1, 0.15) is 12.4 Å². The van der Waals surface area contributed by atoms with Gasteiger partial charge in [0.2, 0.25) is 0 Å². The fraction of sp³-hybridized carbons (Fsp3) is 0.200. The van der Waals surface area contributed by atoms with Crippen LogP contribution in [0.5, 0.6) is 17.2 Å². The lowest BCUT2D eigenvalue weighted by Crippen LogP contribution is -2.17. The van der Waals surface area contributed by atoms with Crippen LogP contribution in [0.15, 0.2) is 57.0 Å². The number of carbonyl (C=O) groups excluding carboxylic acids is 1. The zero-order valence-corrected chi connectivity index (χ0v) is 18.7. The highest BCUT2D eigenvalue weighted by Crippen LogP contribution is 2.32. The van der Waals surface area contributed by atoms with E-state index in [9.17, 15) is 4.79 Å². The van der Waals surface area contributed by atoms with E-state index < -0.39 is 0 Å². The molecule has 6 nitrogen and oxygen atoms in total. The van der Waals surface area contributed by atoms with Gasteiger partial charge in [-0.3, -0.25) is 4.79 Å². The molecule has 0 fully saturated rings. The normalized spacial score (nSPS) is 10.6. The quantitative estimate of drug-likeness (QED) is 0.294. The Balaban J connectivity index is 2.15. The second-order valence-electron chi connectivity index (χ2n) is 5.40. The fourth-order valence-corrected chi connectivity index (χ4v) is 3.65. The van der Waals surface area contributed by atoms with Crippen molar-refractivity contribution >= 4 is 44.0 Å². The van der Waals surface area contributed by atoms with Gasteiger partial charge >= 0.3 is 0 Å². The van der Waals surface area contributed by atoms with Crippen molar-refractivity contribution in [3.63, 3.8) is 0 Å².